The van der Waals surface area contributed by atoms with Gasteiger partial charge in [0, 0.05) is 0 Å². The molecular weight excluding hydrogens is 388 g/mol. The second-order valence-electron chi connectivity index (χ2n) is 6.53. The van der Waals surface area contributed by atoms with Gasteiger partial charge >= 0.3 is 35.8 Å². The number of cyclic esters (lactones) is 4. The van der Waals surface area contributed by atoms with Crippen LogP contribution in [0.4, 0.5) is 0 Å². The van der Waals surface area contributed by atoms with Gasteiger partial charge in [-0.15, -0.1) is 0 Å². The Labute approximate surface area is 162 Å². The van der Waals surface area contributed by atoms with Crippen LogP contribution in [0.5, 0.6) is 0 Å². The molecule has 4 aliphatic rings. The largest absolute Gasteiger partial charge is 0.424 e. The van der Waals surface area contributed by atoms with Gasteiger partial charge in [0.25, 0.3) is 0 Å². The van der Waals surface area contributed by atoms with Gasteiger partial charge in [-0.1, -0.05) is 36.5 Å². The molecule has 29 heavy (non-hydrogen) atoms. The minimum atomic E-state index is -0.892. The molecule has 148 valence electrons. The standard InChI is InChI=1S/C19H12O10/c20-14(8-1-3-10-12(5-8)18(24)28-16(10)22)26-7-27-15(21)9-2-4-11-13(6-9)19(25)29-17(11)23/h1-6,10-13H,7H2. The van der Waals surface area contributed by atoms with Gasteiger partial charge in [-0.05, 0) is 0 Å². The monoisotopic (exact) mass is 400 g/mol. The molecule has 0 amide bonds. The number of carbonyl (C=O) groups is 6. The van der Waals surface area contributed by atoms with Crippen molar-refractivity contribution in [3.63, 3.8) is 0 Å². The summed E-state index contributed by atoms with van der Waals surface area (Å²) >= 11 is 0. The van der Waals surface area contributed by atoms with E-state index in [9.17, 15) is 28.8 Å². The van der Waals surface area contributed by atoms with E-state index >= 15 is 0 Å². The van der Waals surface area contributed by atoms with E-state index in [4.69, 9.17) is 9.47 Å². The molecule has 0 aromatic carbocycles. The first kappa shape index (κ1) is 18.5. The van der Waals surface area contributed by atoms with E-state index in [1.165, 1.54) is 36.5 Å². The molecule has 10 nitrogen and oxygen atoms in total. The summed E-state index contributed by atoms with van der Waals surface area (Å²) in [6.07, 6.45) is 7.91. The summed E-state index contributed by atoms with van der Waals surface area (Å²) in [7, 11) is 0. The fourth-order valence-corrected chi connectivity index (χ4v) is 3.28. The lowest BCUT2D eigenvalue weighted by Crippen LogP contribution is -2.22. The minimum absolute atomic E-state index is 0.0146. The van der Waals surface area contributed by atoms with Crippen molar-refractivity contribution in [2.45, 2.75) is 0 Å². The van der Waals surface area contributed by atoms with Crippen molar-refractivity contribution in [2.75, 3.05) is 6.79 Å². The van der Waals surface area contributed by atoms with Crippen LogP contribution in [0, 0.1) is 23.7 Å². The van der Waals surface area contributed by atoms with Crippen LogP contribution in [0.25, 0.3) is 0 Å². The third kappa shape index (κ3) is 3.28. The summed E-state index contributed by atoms with van der Waals surface area (Å²) in [6.45, 7) is -0.719. The van der Waals surface area contributed by atoms with Gasteiger partial charge in [0.1, 0.15) is 0 Å². The molecule has 0 radical (unpaired) electrons. The summed E-state index contributed by atoms with van der Waals surface area (Å²) in [5, 5.41) is 0. The molecule has 0 aromatic rings. The van der Waals surface area contributed by atoms with Gasteiger partial charge in [-0.2, -0.15) is 0 Å². The zero-order chi connectivity index (χ0) is 20.7. The normalized spacial score (nSPS) is 29.4. The summed E-state index contributed by atoms with van der Waals surface area (Å²) in [6, 6.07) is 0. The molecular formula is C19H12O10. The number of esters is 6. The lowest BCUT2D eigenvalue weighted by molar-refractivity contribution is -0.161. The van der Waals surface area contributed by atoms with Crippen LogP contribution in [0.3, 0.4) is 0 Å². The van der Waals surface area contributed by atoms with E-state index in [0.717, 1.165) is 0 Å². The molecule has 4 unspecified atom stereocenters. The van der Waals surface area contributed by atoms with Crippen LogP contribution >= 0.6 is 0 Å². The number of ether oxygens (including phenoxy) is 4. The van der Waals surface area contributed by atoms with Crippen LogP contribution in [0.15, 0.2) is 47.6 Å². The van der Waals surface area contributed by atoms with Crippen molar-refractivity contribution in [2.24, 2.45) is 23.7 Å². The lowest BCUT2D eigenvalue weighted by Gasteiger charge is -2.14. The second kappa shape index (κ2) is 6.97. The molecule has 0 spiro atoms. The summed E-state index contributed by atoms with van der Waals surface area (Å²) in [5.41, 5.74) is 0.0292. The van der Waals surface area contributed by atoms with Crippen LogP contribution < -0.4 is 0 Å². The average Bonchev–Trinajstić information content (AvgIpc) is 3.16. The number of hydrogen-bond donors (Lipinski definition) is 0. The Kier molecular flexibility index (Phi) is 4.45. The molecule has 2 fully saturated rings. The Hall–Kier alpha value is -3.82. The van der Waals surface area contributed by atoms with Crippen LogP contribution in [-0.4, -0.2) is 42.6 Å². The molecule has 0 saturated carbocycles. The quantitative estimate of drug-likeness (QED) is 0.266. The van der Waals surface area contributed by atoms with Crippen molar-refractivity contribution in [1.82, 2.24) is 0 Å². The van der Waals surface area contributed by atoms with Gasteiger partial charge < -0.3 is 18.9 Å². The molecule has 2 heterocycles. The van der Waals surface area contributed by atoms with Crippen LogP contribution in [-0.2, 0) is 47.7 Å². The lowest BCUT2D eigenvalue weighted by atomic mass is 9.88. The van der Waals surface area contributed by atoms with Crippen molar-refractivity contribution in [3.05, 3.63) is 47.6 Å². The van der Waals surface area contributed by atoms with Crippen molar-refractivity contribution in [3.8, 4) is 0 Å². The summed E-state index contributed by atoms with van der Waals surface area (Å²) in [4.78, 5) is 70.2. The smallest absolute Gasteiger partial charge is 0.340 e. The predicted molar refractivity (Wildman–Crippen MR) is 87.7 cm³/mol. The number of hydrogen-bond acceptors (Lipinski definition) is 10. The molecule has 0 bridgehead atoms. The van der Waals surface area contributed by atoms with E-state index < -0.39 is 66.3 Å². The Morgan fingerprint density at radius 3 is 1.48 bits per heavy atom. The topological polar surface area (TPSA) is 139 Å². The van der Waals surface area contributed by atoms with Crippen LogP contribution in [0.2, 0.25) is 0 Å². The molecule has 2 aliphatic heterocycles. The highest BCUT2D eigenvalue weighted by atomic mass is 16.7. The van der Waals surface area contributed by atoms with E-state index in [1.807, 2.05) is 0 Å². The Morgan fingerprint density at radius 2 is 1.07 bits per heavy atom. The third-order valence-corrected chi connectivity index (χ3v) is 4.80. The van der Waals surface area contributed by atoms with Crippen molar-refractivity contribution < 1.29 is 47.7 Å². The fraction of sp³-hybridized carbons (Fsp3) is 0.263. The van der Waals surface area contributed by atoms with Crippen molar-refractivity contribution >= 4 is 35.8 Å². The van der Waals surface area contributed by atoms with Gasteiger partial charge in [-0.3, -0.25) is 19.2 Å². The van der Waals surface area contributed by atoms with Gasteiger partial charge in [0.2, 0.25) is 6.79 Å². The molecule has 4 rings (SSSR count). The first-order valence-electron chi connectivity index (χ1n) is 8.50. The highest BCUT2D eigenvalue weighted by molar-refractivity contribution is 6.03. The van der Waals surface area contributed by atoms with Gasteiger partial charge in [0.05, 0.1) is 34.8 Å². The third-order valence-electron chi connectivity index (χ3n) is 4.80. The zero-order valence-corrected chi connectivity index (χ0v) is 14.6. The number of rotatable bonds is 4. The number of fused-ring (bicyclic) bond motifs is 2. The molecule has 2 saturated heterocycles. The first-order chi connectivity index (χ1) is 13.8. The maximum absolute atomic E-state index is 12.1. The SMILES string of the molecule is O=C(OCOC(=O)C1=CC2C(=O)OC(=O)C2C=C1)C1=CC2C(=O)OC(=O)C2C=C1. The first-order valence-corrected chi connectivity index (χ1v) is 8.50. The highest BCUT2D eigenvalue weighted by Gasteiger charge is 2.44. The Balaban J connectivity index is 1.32. The highest BCUT2D eigenvalue weighted by Crippen LogP contribution is 2.32. The number of carbonyl (C=O) groups excluding carboxylic acids is 6. The predicted octanol–water partition coefficient (Wildman–Crippen LogP) is -0.346. The van der Waals surface area contributed by atoms with E-state index in [2.05, 4.69) is 9.47 Å². The molecule has 10 heteroatoms. The minimum Gasteiger partial charge on any atom is -0.424 e. The van der Waals surface area contributed by atoms with Gasteiger partial charge in [-0.25, -0.2) is 9.59 Å². The molecule has 0 aromatic heterocycles. The van der Waals surface area contributed by atoms with E-state index in [0.29, 0.717) is 0 Å². The zero-order valence-electron chi connectivity index (χ0n) is 14.6. The maximum Gasteiger partial charge on any atom is 0.340 e. The Bertz CT molecular complexity index is 901. The molecule has 2 aliphatic carbocycles. The van der Waals surface area contributed by atoms with Crippen molar-refractivity contribution in [1.29, 1.82) is 0 Å². The maximum atomic E-state index is 12.1. The second-order valence-corrected chi connectivity index (χ2v) is 6.53. The molecule has 0 N–H and O–H groups in total. The van der Waals surface area contributed by atoms with Crippen LogP contribution in [0.1, 0.15) is 0 Å². The summed E-state index contributed by atoms with van der Waals surface area (Å²) < 4.78 is 18.7. The summed E-state index contributed by atoms with van der Waals surface area (Å²) in [5.74, 6) is -7.90. The van der Waals surface area contributed by atoms with E-state index in [1.54, 1.807) is 0 Å². The average molecular weight is 400 g/mol. The van der Waals surface area contributed by atoms with E-state index in [-0.39, 0.29) is 11.1 Å². The Morgan fingerprint density at radius 1 is 0.690 bits per heavy atom. The fourth-order valence-electron chi connectivity index (χ4n) is 3.28. The molecule has 4 atom stereocenters. The van der Waals surface area contributed by atoms with Gasteiger partial charge in [0.15, 0.2) is 0 Å².